The predicted octanol–water partition coefficient (Wildman–Crippen LogP) is 4.40. The van der Waals surface area contributed by atoms with Crippen LogP contribution in [0.2, 0.25) is 0 Å². The SMILES string of the molecule is O=C1C(=Cc2ccco2)N=C(c2ccccc2)N1Nc1nc(Nc2ccccn2)nc(Nc2ccccn2)n1. The van der Waals surface area contributed by atoms with Crippen LogP contribution in [0.3, 0.4) is 0 Å². The number of amides is 1. The monoisotopic (exact) mass is 516 g/mol. The van der Waals surface area contributed by atoms with E-state index >= 15 is 0 Å². The quantitative estimate of drug-likeness (QED) is 0.254. The van der Waals surface area contributed by atoms with Crippen LogP contribution in [0.15, 0.2) is 113 Å². The average Bonchev–Trinajstić information content (AvgIpc) is 3.59. The summed E-state index contributed by atoms with van der Waals surface area (Å²) in [4.78, 5) is 40.0. The Labute approximate surface area is 222 Å². The zero-order valence-corrected chi connectivity index (χ0v) is 20.3. The number of rotatable bonds is 8. The van der Waals surface area contributed by atoms with Crippen LogP contribution in [0.1, 0.15) is 11.3 Å². The van der Waals surface area contributed by atoms with Crippen LogP contribution in [-0.2, 0) is 4.79 Å². The molecule has 0 spiro atoms. The van der Waals surface area contributed by atoms with Crippen molar-refractivity contribution in [2.45, 2.75) is 0 Å². The summed E-state index contributed by atoms with van der Waals surface area (Å²) in [6.07, 6.45) is 6.39. The minimum atomic E-state index is -0.413. The molecular weight excluding hydrogens is 496 g/mol. The molecule has 6 rings (SSSR count). The number of nitrogens with zero attached hydrogens (tertiary/aromatic N) is 7. The first-order chi connectivity index (χ1) is 19.2. The highest BCUT2D eigenvalue weighted by Gasteiger charge is 2.32. The molecule has 190 valence electrons. The van der Waals surface area contributed by atoms with Gasteiger partial charge in [-0.15, -0.1) is 0 Å². The van der Waals surface area contributed by atoms with Gasteiger partial charge in [-0.05, 0) is 36.4 Å². The van der Waals surface area contributed by atoms with Gasteiger partial charge in [0.05, 0.1) is 6.26 Å². The van der Waals surface area contributed by atoms with E-state index in [1.807, 2.05) is 42.5 Å². The molecule has 3 N–H and O–H groups in total. The number of hydrogen-bond acceptors (Lipinski definition) is 11. The molecule has 0 saturated carbocycles. The van der Waals surface area contributed by atoms with Crippen LogP contribution in [0.4, 0.5) is 29.5 Å². The Balaban J connectivity index is 1.36. The molecule has 12 heteroatoms. The maximum atomic E-state index is 13.5. The van der Waals surface area contributed by atoms with E-state index in [2.05, 4.69) is 46.0 Å². The number of anilines is 5. The number of furan rings is 1. The van der Waals surface area contributed by atoms with Crippen molar-refractivity contribution in [3.63, 3.8) is 0 Å². The maximum Gasteiger partial charge on any atom is 0.297 e. The van der Waals surface area contributed by atoms with Crippen LogP contribution in [-0.4, -0.2) is 41.7 Å². The second-order valence-electron chi connectivity index (χ2n) is 8.08. The molecule has 0 radical (unpaired) electrons. The van der Waals surface area contributed by atoms with E-state index in [1.165, 1.54) is 11.3 Å². The van der Waals surface area contributed by atoms with Crippen LogP contribution < -0.4 is 16.1 Å². The number of carbonyl (C=O) groups is 1. The number of amidine groups is 1. The Morgan fingerprint density at radius 1 is 0.718 bits per heavy atom. The second kappa shape index (κ2) is 10.6. The van der Waals surface area contributed by atoms with Gasteiger partial charge in [0.1, 0.15) is 23.1 Å². The zero-order valence-electron chi connectivity index (χ0n) is 20.3. The second-order valence-corrected chi connectivity index (χ2v) is 8.08. The standard InChI is InChI=1S/C27H20N10O2/c38-24-20(17-19-11-8-16-39-19)30-23(18-9-2-1-3-10-18)37(24)36-27-34-25(31-21-12-4-6-14-28-21)33-26(35-27)32-22-13-5-7-15-29-22/h1-17H,(H3,28,29,31,32,33,34,35,36). The molecule has 0 aliphatic carbocycles. The van der Waals surface area contributed by atoms with Crippen LogP contribution >= 0.6 is 0 Å². The van der Waals surface area contributed by atoms with Gasteiger partial charge in [0.25, 0.3) is 5.91 Å². The lowest BCUT2D eigenvalue weighted by atomic mass is 10.2. The summed E-state index contributed by atoms with van der Waals surface area (Å²) < 4.78 is 5.38. The molecule has 1 aromatic carbocycles. The Morgan fingerprint density at radius 2 is 1.36 bits per heavy atom. The van der Waals surface area contributed by atoms with E-state index in [-0.39, 0.29) is 23.5 Å². The number of hydrazine groups is 1. The highest BCUT2D eigenvalue weighted by molar-refractivity contribution is 6.20. The third-order valence-corrected chi connectivity index (χ3v) is 5.37. The lowest BCUT2D eigenvalue weighted by Gasteiger charge is -2.19. The zero-order chi connectivity index (χ0) is 26.4. The third-order valence-electron chi connectivity index (χ3n) is 5.37. The van der Waals surface area contributed by atoms with Gasteiger partial charge in [0.2, 0.25) is 17.8 Å². The van der Waals surface area contributed by atoms with Gasteiger partial charge in [-0.3, -0.25) is 10.2 Å². The molecule has 0 atom stereocenters. The van der Waals surface area contributed by atoms with Crippen molar-refractivity contribution in [3.8, 4) is 0 Å². The first-order valence-electron chi connectivity index (χ1n) is 11.8. The summed E-state index contributed by atoms with van der Waals surface area (Å²) in [7, 11) is 0. The van der Waals surface area contributed by atoms with E-state index in [0.29, 0.717) is 28.8 Å². The Morgan fingerprint density at radius 3 is 1.95 bits per heavy atom. The highest BCUT2D eigenvalue weighted by atomic mass is 16.3. The largest absolute Gasteiger partial charge is 0.465 e. The first-order valence-corrected chi connectivity index (χ1v) is 11.8. The molecular formula is C27H20N10O2. The maximum absolute atomic E-state index is 13.5. The van der Waals surface area contributed by atoms with Gasteiger partial charge < -0.3 is 15.1 Å². The molecule has 0 fully saturated rings. The van der Waals surface area contributed by atoms with Crippen molar-refractivity contribution in [1.82, 2.24) is 29.9 Å². The molecule has 12 nitrogen and oxygen atoms in total. The fourth-order valence-corrected chi connectivity index (χ4v) is 3.65. The molecule has 0 saturated heterocycles. The summed E-state index contributed by atoms with van der Waals surface area (Å²) in [5, 5.41) is 7.40. The Hall–Kier alpha value is -5.91. The normalized spacial score (nSPS) is 13.8. The van der Waals surface area contributed by atoms with Crippen molar-refractivity contribution in [2.24, 2.45) is 4.99 Å². The van der Waals surface area contributed by atoms with Gasteiger partial charge in [0.15, 0.2) is 5.84 Å². The fourth-order valence-electron chi connectivity index (χ4n) is 3.65. The van der Waals surface area contributed by atoms with E-state index in [1.54, 1.807) is 54.9 Å². The fraction of sp³-hybridized carbons (Fsp3) is 0. The summed E-state index contributed by atoms with van der Waals surface area (Å²) in [5.41, 5.74) is 3.90. The number of aromatic nitrogens is 5. The minimum Gasteiger partial charge on any atom is -0.465 e. The summed E-state index contributed by atoms with van der Waals surface area (Å²) in [6, 6.07) is 23.6. The van der Waals surface area contributed by atoms with Gasteiger partial charge in [-0.2, -0.15) is 20.0 Å². The summed E-state index contributed by atoms with van der Waals surface area (Å²) in [6.45, 7) is 0. The van der Waals surface area contributed by atoms with Gasteiger partial charge in [0, 0.05) is 24.0 Å². The van der Waals surface area contributed by atoms with Gasteiger partial charge in [-0.1, -0.05) is 42.5 Å². The molecule has 4 aromatic heterocycles. The molecule has 0 unspecified atom stereocenters. The number of hydrogen-bond donors (Lipinski definition) is 3. The number of aliphatic imine (C=N–C) groups is 1. The van der Waals surface area contributed by atoms with Gasteiger partial charge in [-0.25, -0.2) is 15.0 Å². The molecule has 5 aromatic rings. The molecule has 1 aliphatic rings. The Kier molecular flexibility index (Phi) is 6.38. The predicted molar refractivity (Wildman–Crippen MR) is 145 cm³/mol. The lowest BCUT2D eigenvalue weighted by molar-refractivity contribution is -0.121. The van der Waals surface area contributed by atoms with Crippen molar-refractivity contribution < 1.29 is 9.21 Å². The highest BCUT2D eigenvalue weighted by Crippen LogP contribution is 2.24. The molecule has 1 amide bonds. The van der Waals surface area contributed by atoms with Crippen LogP contribution in [0, 0.1) is 0 Å². The number of benzene rings is 1. The van der Waals surface area contributed by atoms with E-state index < -0.39 is 5.91 Å². The van der Waals surface area contributed by atoms with E-state index in [0.717, 1.165) is 0 Å². The van der Waals surface area contributed by atoms with E-state index in [4.69, 9.17) is 4.42 Å². The lowest BCUT2D eigenvalue weighted by Crippen LogP contribution is -2.38. The van der Waals surface area contributed by atoms with Crippen LogP contribution in [0.5, 0.6) is 0 Å². The number of carbonyl (C=O) groups excluding carboxylic acids is 1. The molecule has 0 bridgehead atoms. The van der Waals surface area contributed by atoms with Crippen molar-refractivity contribution in [3.05, 3.63) is 115 Å². The van der Waals surface area contributed by atoms with Crippen molar-refractivity contribution in [2.75, 3.05) is 16.1 Å². The average molecular weight is 517 g/mol. The molecule has 5 heterocycles. The van der Waals surface area contributed by atoms with Crippen molar-refractivity contribution in [1.29, 1.82) is 0 Å². The Bertz CT molecular complexity index is 1580. The molecule has 39 heavy (non-hydrogen) atoms. The van der Waals surface area contributed by atoms with Gasteiger partial charge >= 0.3 is 0 Å². The number of pyridine rings is 2. The minimum absolute atomic E-state index is 0.0816. The third kappa shape index (κ3) is 5.44. The van der Waals surface area contributed by atoms with Crippen LogP contribution in [0.25, 0.3) is 6.08 Å². The first kappa shape index (κ1) is 23.5. The van der Waals surface area contributed by atoms with E-state index in [9.17, 15) is 4.79 Å². The topological polar surface area (TPSA) is 146 Å². The summed E-state index contributed by atoms with van der Waals surface area (Å²) in [5.74, 6) is 2.00. The summed E-state index contributed by atoms with van der Waals surface area (Å²) >= 11 is 0. The van der Waals surface area contributed by atoms with Crippen molar-refractivity contribution >= 4 is 47.3 Å². The molecule has 1 aliphatic heterocycles. The number of nitrogens with one attached hydrogen (secondary N) is 3. The smallest absolute Gasteiger partial charge is 0.297 e.